The largest absolute Gasteiger partial charge is 0.452 e. The molecule has 0 aromatic carbocycles. The summed E-state index contributed by atoms with van der Waals surface area (Å²) in [5, 5.41) is 0. The Kier molecular flexibility index (Phi) is 3.69. The van der Waals surface area contributed by atoms with Gasteiger partial charge in [-0.3, -0.25) is 0 Å². The van der Waals surface area contributed by atoms with Crippen LogP contribution >= 0.6 is 15.9 Å². The van der Waals surface area contributed by atoms with Gasteiger partial charge in [0, 0.05) is 4.48 Å². The summed E-state index contributed by atoms with van der Waals surface area (Å²) < 4.78 is 4.78. The molecule has 0 fully saturated rings. The van der Waals surface area contributed by atoms with Gasteiger partial charge in [0.25, 0.3) is 0 Å². The highest BCUT2D eigenvalue weighted by Crippen LogP contribution is 1.97. The third kappa shape index (κ3) is 5.69. The van der Waals surface area contributed by atoms with E-state index in [1.807, 2.05) is 0 Å². The van der Waals surface area contributed by atoms with Crippen LogP contribution in [0.25, 0.3) is 0 Å². The molecule has 0 rings (SSSR count). The van der Waals surface area contributed by atoms with Crippen molar-refractivity contribution in [1.29, 1.82) is 0 Å². The van der Waals surface area contributed by atoms with Crippen molar-refractivity contribution < 1.29 is 9.53 Å². The standard InChI is InChI=1S/C4H4BrO2/c1-4(5)2-7-3-6/h1-2H2. The molecule has 0 N–H and O–H groups in total. The van der Waals surface area contributed by atoms with Crippen LogP contribution in [-0.2, 0) is 9.53 Å². The van der Waals surface area contributed by atoms with Gasteiger partial charge in [-0.15, -0.1) is 0 Å². The zero-order chi connectivity index (χ0) is 5.70. The molecule has 2 nitrogen and oxygen atoms in total. The van der Waals surface area contributed by atoms with Gasteiger partial charge in [0.2, 0.25) is 0 Å². The minimum Gasteiger partial charge on any atom is -0.452 e. The summed E-state index contributed by atoms with van der Waals surface area (Å²) in [4.78, 5) is 9.30. The van der Waals surface area contributed by atoms with E-state index < -0.39 is 0 Å². The van der Waals surface area contributed by atoms with E-state index in [1.54, 1.807) is 0 Å². The highest BCUT2D eigenvalue weighted by molar-refractivity contribution is 9.11. The zero-order valence-electron chi connectivity index (χ0n) is 3.61. The lowest BCUT2D eigenvalue weighted by atomic mass is 10.7. The molecule has 0 saturated carbocycles. The van der Waals surface area contributed by atoms with Crippen LogP contribution in [-0.4, -0.2) is 13.1 Å². The topological polar surface area (TPSA) is 26.3 Å². The monoisotopic (exact) mass is 163 g/mol. The van der Waals surface area contributed by atoms with E-state index in [-0.39, 0.29) is 6.61 Å². The Labute approximate surface area is 50.3 Å². The minimum absolute atomic E-state index is 0.198. The first kappa shape index (κ1) is 6.69. The fourth-order valence-electron chi connectivity index (χ4n) is 0.108. The van der Waals surface area contributed by atoms with Crippen molar-refractivity contribution in [3.63, 3.8) is 0 Å². The molecular weight excluding hydrogens is 160 g/mol. The third-order valence-corrected chi connectivity index (χ3v) is 0.517. The van der Waals surface area contributed by atoms with Crippen LogP contribution in [0.1, 0.15) is 0 Å². The minimum atomic E-state index is 0.198. The number of ether oxygens (including phenoxy) is 1. The van der Waals surface area contributed by atoms with Crippen molar-refractivity contribution in [2.24, 2.45) is 0 Å². The second-order valence-corrected chi connectivity index (χ2v) is 2.01. The molecular formula is C4H4BrO2. The maximum absolute atomic E-state index is 9.30. The molecule has 3 heteroatoms. The van der Waals surface area contributed by atoms with Crippen LogP contribution in [0.15, 0.2) is 11.1 Å². The SMILES string of the molecule is C=C(Br)CO[C]=O. The van der Waals surface area contributed by atoms with E-state index in [0.29, 0.717) is 4.48 Å². The lowest BCUT2D eigenvalue weighted by molar-refractivity contribution is 0.312. The van der Waals surface area contributed by atoms with Crippen LogP contribution in [0.3, 0.4) is 0 Å². The molecule has 1 radical (unpaired) electrons. The van der Waals surface area contributed by atoms with Gasteiger partial charge in [0.05, 0.1) is 0 Å². The van der Waals surface area contributed by atoms with Gasteiger partial charge >= 0.3 is 6.47 Å². The van der Waals surface area contributed by atoms with Gasteiger partial charge in [-0.2, -0.15) is 0 Å². The number of halogens is 1. The molecule has 0 heterocycles. The van der Waals surface area contributed by atoms with E-state index in [1.165, 1.54) is 6.47 Å². The van der Waals surface area contributed by atoms with Crippen LogP contribution in [0.2, 0.25) is 0 Å². The van der Waals surface area contributed by atoms with Crippen LogP contribution in [0.4, 0.5) is 0 Å². The molecule has 0 spiro atoms. The normalized spacial score (nSPS) is 7.57. The van der Waals surface area contributed by atoms with Gasteiger partial charge < -0.3 is 4.74 Å². The quantitative estimate of drug-likeness (QED) is 0.621. The predicted octanol–water partition coefficient (Wildman–Crippen LogP) is 0.979. The molecule has 0 aliphatic carbocycles. The summed E-state index contributed by atoms with van der Waals surface area (Å²) in [6, 6.07) is 0. The lowest BCUT2D eigenvalue weighted by Gasteiger charge is -1.88. The summed E-state index contributed by atoms with van der Waals surface area (Å²) in [5.41, 5.74) is 0. The van der Waals surface area contributed by atoms with Crippen molar-refractivity contribution in [2.45, 2.75) is 0 Å². The molecule has 7 heavy (non-hydrogen) atoms. The first-order chi connectivity index (χ1) is 3.27. The molecule has 0 bridgehead atoms. The number of rotatable bonds is 3. The number of hydrogen-bond donors (Lipinski definition) is 0. The first-order valence-corrected chi connectivity index (χ1v) is 2.39. The second-order valence-electron chi connectivity index (χ2n) is 0.889. The molecule has 39 valence electrons. The Bertz CT molecular complexity index is 79.8. The maximum Gasteiger partial charge on any atom is 0.417 e. The van der Waals surface area contributed by atoms with Gasteiger partial charge in [0.15, 0.2) is 0 Å². The molecule has 0 atom stereocenters. The zero-order valence-corrected chi connectivity index (χ0v) is 5.19. The van der Waals surface area contributed by atoms with Gasteiger partial charge in [-0.05, 0) is 0 Å². The van der Waals surface area contributed by atoms with Crippen LogP contribution in [0, 0.1) is 0 Å². The summed E-state index contributed by atoms with van der Waals surface area (Å²) in [6.45, 7) is 4.86. The Balaban J connectivity index is 2.97. The van der Waals surface area contributed by atoms with E-state index >= 15 is 0 Å². The molecule has 0 saturated heterocycles. The first-order valence-electron chi connectivity index (χ1n) is 1.59. The average Bonchev–Trinajstić information content (AvgIpc) is 1.61. The van der Waals surface area contributed by atoms with Crippen molar-refractivity contribution in [1.82, 2.24) is 0 Å². The Morgan fingerprint density at radius 1 is 2.00 bits per heavy atom. The molecule has 0 unspecified atom stereocenters. The van der Waals surface area contributed by atoms with Crippen molar-refractivity contribution in [3.8, 4) is 0 Å². The van der Waals surface area contributed by atoms with E-state index in [9.17, 15) is 4.79 Å². The molecule has 0 aliphatic heterocycles. The van der Waals surface area contributed by atoms with Crippen LogP contribution in [0.5, 0.6) is 0 Å². The van der Waals surface area contributed by atoms with Gasteiger partial charge in [-0.25, -0.2) is 4.79 Å². The smallest absolute Gasteiger partial charge is 0.417 e. The Hall–Kier alpha value is -0.310. The summed E-state index contributed by atoms with van der Waals surface area (Å²) >= 11 is 2.98. The summed E-state index contributed by atoms with van der Waals surface area (Å²) in [7, 11) is 0. The predicted molar refractivity (Wildman–Crippen MR) is 29.7 cm³/mol. The van der Waals surface area contributed by atoms with E-state index in [4.69, 9.17) is 0 Å². The van der Waals surface area contributed by atoms with Crippen molar-refractivity contribution in [3.05, 3.63) is 11.1 Å². The molecule has 0 amide bonds. The Morgan fingerprint density at radius 3 is 2.71 bits per heavy atom. The fourth-order valence-corrected chi connectivity index (χ4v) is 0.222. The molecule has 0 aromatic rings. The fraction of sp³-hybridized carbons (Fsp3) is 0.250. The average molecular weight is 164 g/mol. The number of hydrogen-bond acceptors (Lipinski definition) is 2. The van der Waals surface area contributed by atoms with Gasteiger partial charge in [-0.1, -0.05) is 22.5 Å². The lowest BCUT2D eigenvalue weighted by Crippen LogP contribution is -1.87. The van der Waals surface area contributed by atoms with E-state index in [2.05, 4.69) is 27.2 Å². The molecule has 0 aromatic heterocycles. The summed E-state index contributed by atoms with van der Waals surface area (Å²) in [6.07, 6.45) is 0. The van der Waals surface area contributed by atoms with Crippen LogP contribution < -0.4 is 0 Å². The number of carbonyl (C=O) groups excluding carboxylic acids is 1. The van der Waals surface area contributed by atoms with Crippen molar-refractivity contribution >= 4 is 22.4 Å². The maximum atomic E-state index is 9.30. The van der Waals surface area contributed by atoms with E-state index in [0.717, 1.165) is 0 Å². The second kappa shape index (κ2) is 3.87. The van der Waals surface area contributed by atoms with Crippen molar-refractivity contribution in [2.75, 3.05) is 6.61 Å². The Morgan fingerprint density at radius 2 is 2.57 bits per heavy atom. The summed E-state index contributed by atoms with van der Waals surface area (Å²) in [5.74, 6) is 0. The highest BCUT2D eigenvalue weighted by Gasteiger charge is 1.83. The third-order valence-electron chi connectivity index (χ3n) is 0.288. The highest BCUT2D eigenvalue weighted by atomic mass is 79.9. The molecule has 0 aliphatic rings. The van der Waals surface area contributed by atoms with Gasteiger partial charge in [0.1, 0.15) is 6.61 Å².